The number of carbonyl (C=O) groups excluding carboxylic acids is 1. The van der Waals surface area contributed by atoms with Crippen molar-refractivity contribution in [2.45, 2.75) is 6.42 Å². The fourth-order valence-corrected chi connectivity index (χ4v) is 5.06. The van der Waals surface area contributed by atoms with Crippen LogP contribution in [-0.4, -0.2) is 50.1 Å². The number of nitrogens with zero attached hydrogens (tertiary/aromatic N) is 3. The highest BCUT2D eigenvalue weighted by Gasteiger charge is 2.31. The molecule has 0 atom stereocenters. The van der Waals surface area contributed by atoms with Crippen LogP contribution in [-0.2, 0) is 4.79 Å². The summed E-state index contributed by atoms with van der Waals surface area (Å²) < 4.78 is 0. The highest BCUT2D eigenvalue weighted by molar-refractivity contribution is 6.36. The summed E-state index contributed by atoms with van der Waals surface area (Å²) in [7, 11) is 0. The second kappa shape index (κ2) is 10.2. The Hall–Kier alpha value is -2.79. The summed E-state index contributed by atoms with van der Waals surface area (Å²) in [5.41, 5.74) is 4.90. The molecule has 1 saturated heterocycles. The smallest absolute Gasteiger partial charge is 0.258 e. The Morgan fingerprint density at radius 2 is 1.56 bits per heavy atom. The van der Waals surface area contributed by atoms with Gasteiger partial charge in [0, 0.05) is 59.6 Å². The Kier molecular flexibility index (Phi) is 6.91. The molecule has 5 rings (SSSR count). The van der Waals surface area contributed by atoms with Crippen molar-refractivity contribution in [3.05, 3.63) is 94.0 Å². The molecule has 0 bridgehead atoms. The summed E-state index contributed by atoms with van der Waals surface area (Å²) >= 11 is 12.2. The molecule has 2 aliphatic heterocycles. The van der Waals surface area contributed by atoms with Crippen LogP contribution in [0, 0.1) is 0 Å². The maximum absolute atomic E-state index is 13.3. The van der Waals surface area contributed by atoms with Crippen molar-refractivity contribution in [2.75, 3.05) is 49.1 Å². The van der Waals surface area contributed by atoms with Crippen LogP contribution in [0.4, 0.5) is 11.4 Å². The highest BCUT2D eigenvalue weighted by Crippen LogP contribution is 2.37. The van der Waals surface area contributed by atoms with Gasteiger partial charge in [-0.25, -0.2) is 0 Å². The minimum absolute atomic E-state index is 0.0712. The van der Waals surface area contributed by atoms with Gasteiger partial charge in [-0.3, -0.25) is 9.69 Å². The number of piperazine rings is 1. The molecule has 0 radical (unpaired) electrons. The number of rotatable bonds is 6. The number of anilines is 2. The molecule has 2 aliphatic rings. The van der Waals surface area contributed by atoms with E-state index in [4.69, 9.17) is 23.2 Å². The van der Waals surface area contributed by atoms with Gasteiger partial charge in [0.1, 0.15) is 0 Å². The van der Waals surface area contributed by atoms with E-state index in [1.54, 1.807) is 0 Å². The van der Waals surface area contributed by atoms with Crippen LogP contribution in [0.15, 0.2) is 72.8 Å². The summed E-state index contributed by atoms with van der Waals surface area (Å²) in [6, 6.07) is 23.7. The van der Waals surface area contributed by atoms with Crippen molar-refractivity contribution < 1.29 is 4.79 Å². The molecule has 174 valence electrons. The van der Waals surface area contributed by atoms with Crippen molar-refractivity contribution in [2.24, 2.45) is 0 Å². The van der Waals surface area contributed by atoms with Gasteiger partial charge in [-0.1, -0.05) is 59.6 Å². The molecule has 0 aliphatic carbocycles. The summed E-state index contributed by atoms with van der Waals surface area (Å²) in [6.45, 7) is 5.69. The molecular formula is C28H27Cl2N3O. The predicted octanol–water partition coefficient (Wildman–Crippen LogP) is 6.09. The summed E-state index contributed by atoms with van der Waals surface area (Å²) in [5, 5.41) is 1.47. The van der Waals surface area contributed by atoms with Gasteiger partial charge >= 0.3 is 0 Å². The number of fused-ring (bicyclic) bond motifs is 1. The van der Waals surface area contributed by atoms with Crippen molar-refractivity contribution in [3.63, 3.8) is 0 Å². The number of amides is 1. The Balaban J connectivity index is 1.20. The van der Waals surface area contributed by atoms with Gasteiger partial charge in [0.25, 0.3) is 5.91 Å². The lowest BCUT2D eigenvalue weighted by molar-refractivity contribution is -0.113. The van der Waals surface area contributed by atoms with Crippen LogP contribution in [0.3, 0.4) is 0 Å². The largest absolute Gasteiger partial charge is 0.369 e. The summed E-state index contributed by atoms with van der Waals surface area (Å²) in [4.78, 5) is 20.1. The van der Waals surface area contributed by atoms with Gasteiger partial charge in [-0.2, -0.15) is 0 Å². The molecule has 3 aromatic rings. The van der Waals surface area contributed by atoms with Gasteiger partial charge < -0.3 is 9.80 Å². The zero-order valence-corrected chi connectivity index (χ0v) is 20.5. The summed E-state index contributed by atoms with van der Waals surface area (Å²) in [5.74, 6) is 0.0712. The first-order valence-electron chi connectivity index (χ1n) is 11.7. The molecule has 34 heavy (non-hydrogen) atoms. The van der Waals surface area contributed by atoms with Crippen LogP contribution in [0.25, 0.3) is 11.6 Å². The third-order valence-corrected chi connectivity index (χ3v) is 7.03. The summed E-state index contributed by atoms with van der Waals surface area (Å²) in [6.07, 6.45) is 2.90. The normalized spacial score (nSPS) is 17.5. The van der Waals surface area contributed by atoms with Gasteiger partial charge in [0.05, 0.1) is 5.69 Å². The minimum atomic E-state index is 0.0712. The van der Waals surface area contributed by atoms with E-state index < -0.39 is 0 Å². The molecule has 0 spiro atoms. The molecule has 0 unspecified atom stereocenters. The van der Waals surface area contributed by atoms with E-state index in [-0.39, 0.29) is 5.91 Å². The lowest BCUT2D eigenvalue weighted by Crippen LogP contribution is -2.47. The van der Waals surface area contributed by atoms with Gasteiger partial charge in [0.2, 0.25) is 0 Å². The van der Waals surface area contributed by atoms with E-state index in [0.29, 0.717) is 11.6 Å². The van der Waals surface area contributed by atoms with Gasteiger partial charge in [0.15, 0.2) is 0 Å². The zero-order chi connectivity index (χ0) is 23.5. The minimum Gasteiger partial charge on any atom is -0.369 e. The molecule has 0 saturated carbocycles. The van der Waals surface area contributed by atoms with Crippen LogP contribution in [0.2, 0.25) is 10.0 Å². The predicted molar refractivity (Wildman–Crippen MR) is 143 cm³/mol. The number of benzene rings is 3. The van der Waals surface area contributed by atoms with Crippen molar-refractivity contribution in [1.29, 1.82) is 0 Å². The van der Waals surface area contributed by atoms with E-state index in [1.165, 1.54) is 5.69 Å². The number of hydrogen-bond acceptors (Lipinski definition) is 3. The average Bonchev–Trinajstić information content (AvgIpc) is 3.12. The van der Waals surface area contributed by atoms with Crippen LogP contribution in [0.5, 0.6) is 0 Å². The molecule has 3 aromatic carbocycles. The van der Waals surface area contributed by atoms with Gasteiger partial charge in [-0.05, 0) is 61.0 Å². The molecule has 4 nitrogen and oxygen atoms in total. The molecule has 1 fully saturated rings. The highest BCUT2D eigenvalue weighted by atomic mass is 35.5. The first kappa shape index (κ1) is 23.0. The monoisotopic (exact) mass is 491 g/mol. The maximum atomic E-state index is 13.3. The number of para-hydroxylation sites is 1. The first-order valence-corrected chi connectivity index (χ1v) is 12.5. The van der Waals surface area contributed by atoms with Crippen molar-refractivity contribution in [1.82, 2.24) is 4.90 Å². The first-order chi connectivity index (χ1) is 16.6. The molecule has 6 heteroatoms. The van der Waals surface area contributed by atoms with E-state index in [2.05, 4.69) is 15.9 Å². The lowest BCUT2D eigenvalue weighted by atomic mass is 10.0. The maximum Gasteiger partial charge on any atom is 0.258 e. The number of hydrogen-bond donors (Lipinski definition) is 0. The van der Waals surface area contributed by atoms with Crippen LogP contribution in [0.1, 0.15) is 17.5 Å². The van der Waals surface area contributed by atoms with E-state index in [1.807, 2.05) is 77.7 Å². The topological polar surface area (TPSA) is 26.8 Å². The van der Waals surface area contributed by atoms with Crippen molar-refractivity contribution >= 4 is 52.1 Å². The third kappa shape index (κ3) is 5.00. The third-order valence-electron chi connectivity index (χ3n) is 6.54. The molecular weight excluding hydrogens is 465 g/mol. The second-order valence-electron chi connectivity index (χ2n) is 8.75. The standard InChI is InChI=1S/C28H27Cl2N3O/c29-22-11-9-21(10-12-22)19-26-25-7-1-2-8-27(25)33(28(26)34)14-4-13-31-15-17-32(18-16-31)24-6-3-5-23(30)20-24/h1-3,5-12,19-20H,4,13-18H2/b26-19-. The zero-order valence-electron chi connectivity index (χ0n) is 19.0. The SMILES string of the molecule is O=C1/C(=C\c2ccc(Cl)cc2)c2ccccc2N1CCCN1CCN(c2cccc(Cl)c2)CC1. The molecule has 2 heterocycles. The fraction of sp³-hybridized carbons (Fsp3) is 0.250. The van der Waals surface area contributed by atoms with E-state index >= 15 is 0 Å². The molecule has 0 aromatic heterocycles. The quantitative estimate of drug-likeness (QED) is 0.390. The van der Waals surface area contributed by atoms with Crippen LogP contribution >= 0.6 is 23.2 Å². The Morgan fingerprint density at radius 3 is 2.32 bits per heavy atom. The lowest BCUT2D eigenvalue weighted by Gasteiger charge is -2.36. The number of halogens is 2. The van der Waals surface area contributed by atoms with E-state index in [9.17, 15) is 4.79 Å². The molecule has 1 amide bonds. The fourth-order valence-electron chi connectivity index (χ4n) is 4.75. The Morgan fingerprint density at radius 1 is 0.794 bits per heavy atom. The van der Waals surface area contributed by atoms with Crippen molar-refractivity contribution in [3.8, 4) is 0 Å². The van der Waals surface area contributed by atoms with E-state index in [0.717, 1.165) is 66.6 Å². The number of carbonyl (C=O) groups is 1. The molecule has 0 N–H and O–H groups in total. The second-order valence-corrected chi connectivity index (χ2v) is 9.62. The van der Waals surface area contributed by atoms with Gasteiger partial charge in [-0.15, -0.1) is 0 Å². The Bertz CT molecular complexity index is 1200. The van der Waals surface area contributed by atoms with Crippen LogP contribution < -0.4 is 9.80 Å². The average molecular weight is 492 g/mol. The Labute approximate surface area is 211 Å².